The van der Waals surface area contributed by atoms with Crippen molar-refractivity contribution in [3.8, 4) is 0 Å². The first kappa shape index (κ1) is 13.7. The summed E-state index contributed by atoms with van der Waals surface area (Å²) >= 11 is 3.32. The van der Waals surface area contributed by atoms with Crippen LogP contribution >= 0.6 is 15.9 Å². The molecule has 16 heavy (non-hydrogen) atoms. The van der Waals surface area contributed by atoms with Crippen LogP contribution in [-0.4, -0.2) is 40.8 Å². The topological polar surface area (TPSA) is 66.1 Å². The number of nitrogens with one attached hydrogen (secondary N) is 1. The fourth-order valence-electron chi connectivity index (χ4n) is 1.16. The van der Waals surface area contributed by atoms with Crippen molar-refractivity contribution in [2.75, 3.05) is 12.4 Å². The first-order valence-electron chi connectivity index (χ1n) is 4.78. The number of halogens is 1. The summed E-state index contributed by atoms with van der Waals surface area (Å²) in [5, 5.41) is 6.93. The van der Waals surface area contributed by atoms with E-state index in [0.29, 0.717) is 11.0 Å². The summed E-state index contributed by atoms with van der Waals surface area (Å²) in [5.41, 5.74) is 0.0694. The van der Waals surface area contributed by atoms with Crippen LogP contribution in [0.4, 0.5) is 0 Å². The molecule has 1 heterocycles. The van der Waals surface area contributed by atoms with E-state index in [-0.39, 0.29) is 4.90 Å². The van der Waals surface area contributed by atoms with Gasteiger partial charge in [-0.3, -0.25) is 5.10 Å². The molecule has 0 unspecified atom stereocenters. The van der Waals surface area contributed by atoms with Gasteiger partial charge in [0, 0.05) is 17.9 Å². The van der Waals surface area contributed by atoms with Crippen LogP contribution in [0.15, 0.2) is 11.1 Å². The Balaban J connectivity index is 3.19. The largest absolute Gasteiger partial charge is 0.281 e. The summed E-state index contributed by atoms with van der Waals surface area (Å²) in [5.74, 6) is 0. The Labute approximate surface area is 104 Å². The lowest BCUT2D eigenvalue weighted by atomic mass is 10.1. The summed E-state index contributed by atoms with van der Waals surface area (Å²) < 4.78 is 25.9. The van der Waals surface area contributed by atoms with Crippen molar-refractivity contribution >= 4 is 26.0 Å². The van der Waals surface area contributed by atoms with Crippen LogP contribution in [0.3, 0.4) is 0 Å². The second-order valence-electron chi connectivity index (χ2n) is 4.28. The van der Waals surface area contributed by atoms with Crippen molar-refractivity contribution < 1.29 is 8.42 Å². The van der Waals surface area contributed by atoms with Crippen molar-refractivity contribution in [1.29, 1.82) is 0 Å². The normalized spacial score (nSPS) is 13.4. The molecular weight excluding hydrogens is 294 g/mol. The van der Waals surface area contributed by atoms with Gasteiger partial charge in [0.25, 0.3) is 0 Å². The number of hydrogen-bond acceptors (Lipinski definition) is 3. The highest BCUT2D eigenvalue weighted by Crippen LogP contribution is 2.25. The molecule has 1 rings (SSSR count). The summed E-state index contributed by atoms with van der Waals surface area (Å²) in [6.07, 6.45) is 1.34. The number of hydrogen-bond donors (Lipinski definition) is 1. The first-order valence-corrected chi connectivity index (χ1v) is 7.34. The minimum absolute atomic E-state index is 0.226. The van der Waals surface area contributed by atoms with E-state index in [4.69, 9.17) is 0 Å². The molecule has 0 saturated carbocycles. The third-order valence-electron chi connectivity index (χ3n) is 2.60. The summed E-state index contributed by atoms with van der Waals surface area (Å²) in [6, 6.07) is 0. The van der Waals surface area contributed by atoms with E-state index in [1.165, 1.54) is 10.5 Å². The molecule has 0 aliphatic carbocycles. The van der Waals surface area contributed by atoms with E-state index in [0.717, 1.165) is 0 Å². The van der Waals surface area contributed by atoms with E-state index in [1.807, 2.05) is 13.8 Å². The van der Waals surface area contributed by atoms with Crippen LogP contribution in [0, 0.1) is 6.92 Å². The molecule has 1 N–H and O–H groups in total. The smallest absolute Gasteiger partial charge is 0.246 e. The number of aromatic amines is 1. The monoisotopic (exact) mass is 309 g/mol. The molecule has 0 aliphatic rings. The van der Waals surface area contributed by atoms with Crippen molar-refractivity contribution in [2.45, 2.75) is 31.2 Å². The Kier molecular flexibility index (Phi) is 3.81. The second kappa shape index (κ2) is 4.46. The minimum atomic E-state index is -3.49. The lowest BCUT2D eigenvalue weighted by Gasteiger charge is -2.32. The first-order chi connectivity index (χ1) is 7.23. The van der Waals surface area contributed by atoms with Gasteiger partial charge >= 0.3 is 0 Å². The molecule has 0 saturated heterocycles. The minimum Gasteiger partial charge on any atom is -0.281 e. The number of rotatable bonds is 4. The van der Waals surface area contributed by atoms with Gasteiger partial charge in [0.2, 0.25) is 10.0 Å². The maximum absolute atomic E-state index is 12.3. The molecule has 0 aliphatic heterocycles. The van der Waals surface area contributed by atoms with Gasteiger partial charge in [-0.15, -0.1) is 0 Å². The third kappa shape index (κ3) is 2.31. The number of H-pyrrole nitrogens is 1. The van der Waals surface area contributed by atoms with Crippen LogP contribution in [-0.2, 0) is 10.0 Å². The molecule has 7 heteroatoms. The maximum Gasteiger partial charge on any atom is 0.246 e. The van der Waals surface area contributed by atoms with Crippen LogP contribution in [0.1, 0.15) is 19.5 Å². The van der Waals surface area contributed by atoms with E-state index >= 15 is 0 Å². The average Bonchev–Trinajstić information content (AvgIpc) is 2.63. The summed E-state index contributed by atoms with van der Waals surface area (Å²) in [4.78, 5) is 0.226. The van der Waals surface area contributed by atoms with Gasteiger partial charge in [-0.25, -0.2) is 8.42 Å². The molecule has 0 fully saturated rings. The van der Waals surface area contributed by atoms with Gasteiger partial charge in [-0.1, -0.05) is 15.9 Å². The maximum atomic E-state index is 12.3. The predicted molar refractivity (Wildman–Crippen MR) is 66.1 cm³/mol. The Morgan fingerprint density at radius 2 is 2.12 bits per heavy atom. The SMILES string of the molecule is Cc1[nH]ncc1S(=O)(=O)N(C)C(C)(C)CBr. The van der Waals surface area contributed by atoms with Gasteiger partial charge in [0.15, 0.2) is 0 Å². The Hall–Kier alpha value is -0.400. The quantitative estimate of drug-likeness (QED) is 0.857. The van der Waals surface area contributed by atoms with Crippen LogP contribution in [0.5, 0.6) is 0 Å². The van der Waals surface area contributed by atoms with Gasteiger partial charge in [0.1, 0.15) is 4.90 Å². The fourth-order valence-corrected chi connectivity index (χ4v) is 3.33. The van der Waals surface area contributed by atoms with Crippen molar-refractivity contribution in [3.63, 3.8) is 0 Å². The van der Waals surface area contributed by atoms with Crippen LogP contribution in [0.25, 0.3) is 0 Å². The predicted octanol–water partition coefficient (Wildman–Crippen LogP) is 1.51. The molecule has 0 bridgehead atoms. The Morgan fingerprint density at radius 1 is 1.56 bits per heavy atom. The lowest BCUT2D eigenvalue weighted by Crippen LogP contribution is -2.46. The highest BCUT2D eigenvalue weighted by molar-refractivity contribution is 9.09. The van der Waals surface area contributed by atoms with E-state index in [9.17, 15) is 8.42 Å². The zero-order valence-electron chi connectivity index (χ0n) is 9.78. The number of aryl methyl sites for hydroxylation is 1. The zero-order valence-corrected chi connectivity index (χ0v) is 12.2. The highest BCUT2D eigenvalue weighted by Gasteiger charge is 2.34. The molecule has 92 valence electrons. The molecule has 0 spiro atoms. The summed E-state index contributed by atoms with van der Waals surface area (Å²) in [7, 11) is -1.91. The number of nitrogens with zero attached hydrogens (tertiary/aromatic N) is 2. The van der Waals surface area contributed by atoms with Gasteiger partial charge in [-0.05, 0) is 20.8 Å². The van der Waals surface area contributed by atoms with Crippen molar-refractivity contribution in [3.05, 3.63) is 11.9 Å². The molecular formula is C9H16BrN3O2S. The van der Waals surface area contributed by atoms with E-state index in [1.54, 1.807) is 14.0 Å². The average molecular weight is 310 g/mol. The van der Waals surface area contributed by atoms with Crippen molar-refractivity contribution in [2.24, 2.45) is 0 Å². The molecule has 0 aromatic carbocycles. The number of alkyl halides is 1. The van der Waals surface area contributed by atoms with Gasteiger partial charge in [-0.2, -0.15) is 9.40 Å². The number of aromatic nitrogens is 2. The summed E-state index contributed by atoms with van der Waals surface area (Å²) in [6.45, 7) is 5.40. The highest BCUT2D eigenvalue weighted by atomic mass is 79.9. The number of sulfonamides is 1. The third-order valence-corrected chi connectivity index (χ3v) is 6.16. The molecule has 0 amide bonds. The van der Waals surface area contributed by atoms with E-state index in [2.05, 4.69) is 26.1 Å². The van der Waals surface area contributed by atoms with Crippen LogP contribution < -0.4 is 0 Å². The Morgan fingerprint density at radius 3 is 2.50 bits per heavy atom. The van der Waals surface area contributed by atoms with Crippen LogP contribution in [0.2, 0.25) is 0 Å². The molecule has 5 nitrogen and oxygen atoms in total. The van der Waals surface area contributed by atoms with E-state index < -0.39 is 15.6 Å². The Bertz CT molecular complexity index is 467. The molecule has 1 aromatic rings. The van der Waals surface area contributed by atoms with Gasteiger partial charge in [0.05, 0.1) is 11.9 Å². The zero-order chi connectivity index (χ0) is 12.6. The standard InChI is InChI=1S/C9H16BrN3O2S/c1-7-8(5-11-12-7)16(14,15)13(4)9(2,3)6-10/h5H,6H2,1-4H3,(H,11,12). The fraction of sp³-hybridized carbons (Fsp3) is 0.667. The molecule has 0 radical (unpaired) electrons. The van der Waals surface area contributed by atoms with Crippen molar-refractivity contribution in [1.82, 2.24) is 14.5 Å². The second-order valence-corrected chi connectivity index (χ2v) is 6.78. The molecule has 0 atom stereocenters. The lowest BCUT2D eigenvalue weighted by molar-refractivity contribution is 0.299. The molecule has 1 aromatic heterocycles. The van der Waals surface area contributed by atoms with Gasteiger partial charge < -0.3 is 0 Å².